The third-order valence-electron chi connectivity index (χ3n) is 1.63. The number of hydrogen-bond acceptors (Lipinski definition) is 2. The lowest BCUT2D eigenvalue weighted by molar-refractivity contribution is -0.136. The zero-order chi connectivity index (χ0) is 10.3. The van der Waals surface area contributed by atoms with Crippen molar-refractivity contribution in [2.24, 2.45) is 0 Å². The van der Waals surface area contributed by atoms with Crippen LogP contribution in [-0.2, 0) is 9.59 Å². The first-order chi connectivity index (χ1) is 6.11. The number of amides is 1. The predicted molar refractivity (Wildman–Crippen MR) is 49.1 cm³/mol. The highest BCUT2D eigenvalue weighted by Gasteiger charge is 2.15. The Labute approximate surface area is 77.8 Å². The van der Waals surface area contributed by atoms with Crippen molar-refractivity contribution < 1.29 is 14.7 Å². The minimum absolute atomic E-state index is 0.208. The SMILES string of the molecule is C=CN1CCCC1=O.CCC(=O)O. The molecule has 0 saturated carbocycles. The third-order valence-corrected chi connectivity index (χ3v) is 1.63. The normalized spacial score (nSPS) is 14.8. The number of hydrogen-bond donors (Lipinski definition) is 1. The predicted octanol–water partition coefficient (Wildman–Crippen LogP) is 1.23. The smallest absolute Gasteiger partial charge is 0.303 e. The Kier molecular flexibility index (Phi) is 5.59. The Hall–Kier alpha value is -1.32. The van der Waals surface area contributed by atoms with Gasteiger partial charge in [0.05, 0.1) is 0 Å². The summed E-state index contributed by atoms with van der Waals surface area (Å²) in [5.41, 5.74) is 0. The Morgan fingerprint density at radius 3 is 2.46 bits per heavy atom. The molecular formula is C9H15NO3. The average molecular weight is 185 g/mol. The first-order valence-corrected chi connectivity index (χ1v) is 4.25. The Morgan fingerprint density at radius 1 is 1.77 bits per heavy atom. The van der Waals surface area contributed by atoms with Crippen LogP contribution in [0.3, 0.4) is 0 Å². The third kappa shape index (κ3) is 5.00. The van der Waals surface area contributed by atoms with E-state index in [0.29, 0.717) is 6.42 Å². The van der Waals surface area contributed by atoms with E-state index in [1.54, 1.807) is 18.0 Å². The molecule has 1 saturated heterocycles. The standard InChI is InChI=1S/C6H9NO.C3H6O2/c1-2-7-5-3-4-6(7)8;1-2-3(4)5/h2H,1,3-5H2;2H2,1H3,(H,4,5). The van der Waals surface area contributed by atoms with Gasteiger partial charge in [-0.1, -0.05) is 13.5 Å². The van der Waals surface area contributed by atoms with Crippen molar-refractivity contribution >= 4 is 11.9 Å². The number of likely N-dealkylation sites (tertiary alicyclic amines) is 1. The number of rotatable bonds is 2. The molecule has 1 aliphatic rings. The Balaban J connectivity index is 0.000000252. The number of carboxylic acid groups (broad SMARTS) is 1. The second-order valence-corrected chi connectivity index (χ2v) is 2.62. The van der Waals surface area contributed by atoms with Crippen LogP contribution in [0.15, 0.2) is 12.8 Å². The van der Waals surface area contributed by atoms with Crippen molar-refractivity contribution in [2.45, 2.75) is 26.2 Å². The van der Waals surface area contributed by atoms with E-state index >= 15 is 0 Å². The summed E-state index contributed by atoms with van der Waals surface area (Å²) in [6, 6.07) is 0. The summed E-state index contributed by atoms with van der Waals surface area (Å²) < 4.78 is 0. The van der Waals surface area contributed by atoms with Crippen molar-refractivity contribution in [2.75, 3.05) is 6.54 Å². The largest absolute Gasteiger partial charge is 0.481 e. The Morgan fingerprint density at radius 2 is 2.31 bits per heavy atom. The number of carbonyl (C=O) groups is 2. The molecule has 1 heterocycles. The number of carbonyl (C=O) groups excluding carboxylic acids is 1. The molecule has 0 aromatic heterocycles. The first kappa shape index (κ1) is 11.7. The summed E-state index contributed by atoms with van der Waals surface area (Å²) in [4.78, 5) is 21.7. The molecule has 13 heavy (non-hydrogen) atoms. The zero-order valence-corrected chi connectivity index (χ0v) is 7.82. The molecule has 1 N–H and O–H groups in total. The van der Waals surface area contributed by atoms with Gasteiger partial charge in [-0.25, -0.2) is 0 Å². The molecule has 0 unspecified atom stereocenters. The quantitative estimate of drug-likeness (QED) is 0.704. The number of aliphatic carboxylic acids is 1. The van der Waals surface area contributed by atoms with Gasteiger partial charge in [-0.15, -0.1) is 0 Å². The van der Waals surface area contributed by atoms with Crippen LogP contribution >= 0.6 is 0 Å². The summed E-state index contributed by atoms with van der Waals surface area (Å²) in [5, 5.41) is 7.72. The molecule has 0 radical (unpaired) electrons. The van der Waals surface area contributed by atoms with Gasteiger partial charge in [0.1, 0.15) is 0 Å². The van der Waals surface area contributed by atoms with Gasteiger partial charge in [-0.3, -0.25) is 9.59 Å². The average Bonchev–Trinajstić information content (AvgIpc) is 2.52. The van der Waals surface area contributed by atoms with Gasteiger partial charge in [0, 0.05) is 19.4 Å². The topological polar surface area (TPSA) is 57.6 Å². The van der Waals surface area contributed by atoms with E-state index in [1.165, 1.54) is 0 Å². The molecule has 0 aromatic rings. The lowest BCUT2D eigenvalue weighted by Gasteiger charge is -2.05. The maximum Gasteiger partial charge on any atom is 0.303 e. The molecule has 1 rings (SSSR count). The van der Waals surface area contributed by atoms with Crippen molar-refractivity contribution in [1.82, 2.24) is 4.90 Å². The van der Waals surface area contributed by atoms with E-state index in [9.17, 15) is 9.59 Å². The molecule has 0 atom stereocenters. The van der Waals surface area contributed by atoms with Crippen LogP contribution in [0.4, 0.5) is 0 Å². The highest BCUT2D eigenvalue weighted by Crippen LogP contribution is 2.08. The summed E-state index contributed by atoms with van der Waals surface area (Å²) in [6.07, 6.45) is 3.51. The number of nitrogens with zero attached hydrogens (tertiary/aromatic N) is 1. The van der Waals surface area contributed by atoms with Crippen molar-refractivity contribution in [3.8, 4) is 0 Å². The van der Waals surface area contributed by atoms with Crippen LogP contribution in [0.2, 0.25) is 0 Å². The van der Waals surface area contributed by atoms with Crippen LogP contribution in [0, 0.1) is 0 Å². The molecule has 1 amide bonds. The lowest BCUT2D eigenvalue weighted by Crippen LogP contribution is -2.16. The van der Waals surface area contributed by atoms with Gasteiger partial charge in [-0.2, -0.15) is 0 Å². The minimum atomic E-state index is -0.745. The minimum Gasteiger partial charge on any atom is -0.481 e. The fourth-order valence-electron chi connectivity index (χ4n) is 0.862. The summed E-state index contributed by atoms with van der Waals surface area (Å²) in [7, 11) is 0. The molecule has 0 aromatic carbocycles. The molecule has 1 aliphatic heterocycles. The van der Waals surface area contributed by atoms with Crippen molar-refractivity contribution in [1.29, 1.82) is 0 Å². The van der Waals surface area contributed by atoms with E-state index in [0.717, 1.165) is 13.0 Å². The molecule has 0 bridgehead atoms. The second kappa shape index (κ2) is 6.22. The molecular weight excluding hydrogens is 170 g/mol. The van der Waals surface area contributed by atoms with Crippen LogP contribution < -0.4 is 0 Å². The molecule has 0 aliphatic carbocycles. The molecule has 0 spiro atoms. The van der Waals surface area contributed by atoms with Crippen molar-refractivity contribution in [3.63, 3.8) is 0 Å². The van der Waals surface area contributed by atoms with Crippen LogP contribution in [0.25, 0.3) is 0 Å². The van der Waals surface area contributed by atoms with Gasteiger partial charge in [0.15, 0.2) is 0 Å². The second-order valence-electron chi connectivity index (χ2n) is 2.62. The van der Waals surface area contributed by atoms with Gasteiger partial charge in [0.2, 0.25) is 5.91 Å². The molecule has 1 fully saturated rings. The van der Waals surface area contributed by atoms with Gasteiger partial charge in [0.25, 0.3) is 0 Å². The van der Waals surface area contributed by atoms with E-state index in [2.05, 4.69) is 6.58 Å². The summed E-state index contributed by atoms with van der Waals surface area (Å²) in [6.45, 7) is 5.96. The maximum absolute atomic E-state index is 10.7. The highest BCUT2D eigenvalue weighted by atomic mass is 16.4. The molecule has 74 valence electrons. The fraction of sp³-hybridized carbons (Fsp3) is 0.556. The number of carboxylic acids is 1. The van der Waals surface area contributed by atoms with Gasteiger partial charge in [-0.05, 0) is 12.6 Å². The van der Waals surface area contributed by atoms with Gasteiger partial charge >= 0.3 is 5.97 Å². The fourth-order valence-corrected chi connectivity index (χ4v) is 0.862. The lowest BCUT2D eigenvalue weighted by atomic mass is 10.4. The van der Waals surface area contributed by atoms with E-state index in [1.807, 2.05) is 0 Å². The van der Waals surface area contributed by atoms with Crippen LogP contribution in [0.1, 0.15) is 26.2 Å². The zero-order valence-electron chi connectivity index (χ0n) is 7.82. The molecule has 4 heteroatoms. The van der Waals surface area contributed by atoms with Crippen LogP contribution in [0.5, 0.6) is 0 Å². The summed E-state index contributed by atoms with van der Waals surface area (Å²) >= 11 is 0. The van der Waals surface area contributed by atoms with Gasteiger partial charge < -0.3 is 10.0 Å². The monoisotopic (exact) mass is 185 g/mol. The highest BCUT2D eigenvalue weighted by molar-refractivity contribution is 5.78. The maximum atomic E-state index is 10.7. The van der Waals surface area contributed by atoms with Crippen LogP contribution in [-0.4, -0.2) is 28.4 Å². The molecule has 4 nitrogen and oxygen atoms in total. The van der Waals surface area contributed by atoms with E-state index in [4.69, 9.17) is 5.11 Å². The van der Waals surface area contributed by atoms with E-state index < -0.39 is 5.97 Å². The van der Waals surface area contributed by atoms with E-state index in [-0.39, 0.29) is 12.3 Å². The van der Waals surface area contributed by atoms with Crippen molar-refractivity contribution in [3.05, 3.63) is 12.8 Å². The Bertz CT molecular complexity index is 201. The summed E-state index contributed by atoms with van der Waals surface area (Å²) in [5.74, 6) is -0.537. The first-order valence-electron chi connectivity index (χ1n) is 4.25.